The normalized spacial score (nSPS) is 11.5. The number of aromatic nitrogens is 2. The van der Waals surface area contributed by atoms with Crippen LogP contribution < -0.4 is 5.73 Å². The fourth-order valence-corrected chi connectivity index (χ4v) is 1.92. The van der Waals surface area contributed by atoms with E-state index in [1.165, 1.54) is 5.52 Å². The average Bonchev–Trinajstić information content (AvgIpc) is 2.64. The summed E-state index contributed by atoms with van der Waals surface area (Å²) < 4.78 is 2.25. The Kier molecular flexibility index (Phi) is 3.25. The molecule has 0 radical (unpaired) electrons. The summed E-state index contributed by atoms with van der Waals surface area (Å²) in [5.41, 5.74) is 7.98. The third-order valence-electron chi connectivity index (χ3n) is 2.85. The Bertz CT molecular complexity index is 471. The second-order valence-electron chi connectivity index (χ2n) is 4.56. The Morgan fingerprint density at radius 1 is 1.31 bits per heavy atom. The van der Waals surface area contributed by atoms with Gasteiger partial charge in [-0.05, 0) is 24.5 Å². The van der Waals surface area contributed by atoms with E-state index in [1.54, 1.807) is 0 Å². The molecule has 0 bridgehead atoms. The van der Waals surface area contributed by atoms with Crippen molar-refractivity contribution in [3.8, 4) is 0 Å². The van der Waals surface area contributed by atoms with Gasteiger partial charge in [0, 0.05) is 6.54 Å². The van der Waals surface area contributed by atoms with Crippen molar-refractivity contribution in [1.29, 1.82) is 0 Å². The zero-order valence-corrected chi connectivity index (χ0v) is 9.98. The van der Waals surface area contributed by atoms with Crippen molar-refractivity contribution in [2.45, 2.75) is 33.4 Å². The predicted molar refractivity (Wildman–Crippen MR) is 67.1 cm³/mol. The molecule has 0 spiro atoms. The van der Waals surface area contributed by atoms with Crippen molar-refractivity contribution >= 4 is 11.0 Å². The highest BCUT2D eigenvalue weighted by atomic mass is 15.1. The van der Waals surface area contributed by atoms with Crippen LogP contribution in [-0.2, 0) is 13.1 Å². The number of imidazole rings is 1. The molecule has 16 heavy (non-hydrogen) atoms. The van der Waals surface area contributed by atoms with Crippen LogP contribution in [0.3, 0.4) is 0 Å². The maximum atomic E-state index is 5.74. The fraction of sp³-hybridized carbons (Fsp3) is 0.462. The molecule has 1 heterocycles. The molecule has 86 valence electrons. The molecule has 0 atom stereocenters. The summed E-state index contributed by atoms with van der Waals surface area (Å²) in [6.07, 6.45) is 1.16. The Morgan fingerprint density at radius 2 is 2.06 bits per heavy atom. The predicted octanol–water partition coefficient (Wildman–Crippen LogP) is 2.54. The summed E-state index contributed by atoms with van der Waals surface area (Å²) in [4.78, 5) is 4.55. The number of benzene rings is 1. The number of nitrogens with two attached hydrogens (primary N) is 1. The van der Waals surface area contributed by atoms with E-state index < -0.39 is 0 Å². The molecule has 0 saturated carbocycles. The monoisotopic (exact) mass is 217 g/mol. The second-order valence-corrected chi connectivity index (χ2v) is 4.56. The second kappa shape index (κ2) is 4.66. The molecule has 1 aromatic carbocycles. The summed E-state index contributed by atoms with van der Waals surface area (Å²) in [5.74, 6) is 1.69. The van der Waals surface area contributed by atoms with Crippen LogP contribution in [-0.4, -0.2) is 9.55 Å². The van der Waals surface area contributed by atoms with E-state index in [-0.39, 0.29) is 0 Å². The largest absolute Gasteiger partial charge is 0.327 e. The molecule has 0 amide bonds. The van der Waals surface area contributed by atoms with Gasteiger partial charge in [0.05, 0.1) is 17.6 Å². The summed E-state index contributed by atoms with van der Waals surface area (Å²) in [5, 5.41) is 0. The summed E-state index contributed by atoms with van der Waals surface area (Å²) in [6.45, 7) is 5.99. The third-order valence-corrected chi connectivity index (χ3v) is 2.85. The molecular weight excluding hydrogens is 198 g/mol. The topological polar surface area (TPSA) is 43.8 Å². The molecule has 0 aliphatic rings. The number of aryl methyl sites for hydroxylation is 1. The summed E-state index contributed by atoms with van der Waals surface area (Å²) in [6, 6.07) is 8.22. The van der Waals surface area contributed by atoms with Gasteiger partial charge in [-0.15, -0.1) is 0 Å². The highest BCUT2D eigenvalue weighted by Crippen LogP contribution is 2.17. The molecule has 3 nitrogen and oxygen atoms in total. The van der Waals surface area contributed by atoms with Crippen LogP contribution in [0.15, 0.2) is 24.3 Å². The van der Waals surface area contributed by atoms with Gasteiger partial charge >= 0.3 is 0 Å². The maximum absolute atomic E-state index is 5.74. The lowest BCUT2D eigenvalue weighted by atomic mass is 10.1. The Balaban J connectivity index is 2.39. The molecule has 2 N–H and O–H groups in total. The minimum Gasteiger partial charge on any atom is -0.327 e. The number of hydrogen-bond donors (Lipinski definition) is 1. The first-order chi connectivity index (χ1) is 7.72. The van der Waals surface area contributed by atoms with E-state index in [1.807, 2.05) is 12.1 Å². The number of para-hydroxylation sites is 2. The number of hydrogen-bond acceptors (Lipinski definition) is 2. The standard InChI is InChI=1S/C13H19N3/c1-10(2)7-8-16-12-6-4-3-5-11(12)15-13(16)9-14/h3-6,10H,7-9,14H2,1-2H3. The first-order valence-electron chi connectivity index (χ1n) is 5.86. The molecule has 0 unspecified atom stereocenters. The van der Waals surface area contributed by atoms with Crippen molar-refractivity contribution in [1.82, 2.24) is 9.55 Å². The molecule has 0 aliphatic heterocycles. The van der Waals surface area contributed by atoms with Gasteiger partial charge in [-0.25, -0.2) is 4.98 Å². The highest BCUT2D eigenvalue weighted by Gasteiger charge is 2.08. The first kappa shape index (κ1) is 11.1. The fourth-order valence-electron chi connectivity index (χ4n) is 1.92. The van der Waals surface area contributed by atoms with Crippen LogP contribution in [0.1, 0.15) is 26.1 Å². The Morgan fingerprint density at radius 3 is 2.75 bits per heavy atom. The van der Waals surface area contributed by atoms with Crippen LogP contribution >= 0.6 is 0 Å². The molecule has 0 aliphatic carbocycles. The van der Waals surface area contributed by atoms with Gasteiger partial charge in [-0.3, -0.25) is 0 Å². The molecule has 3 heteroatoms. The SMILES string of the molecule is CC(C)CCn1c(CN)nc2ccccc21. The van der Waals surface area contributed by atoms with Gasteiger partial charge in [-0.2, -0.15) is 0 Å². The third kappa shape index (κ3) is 2.09. The average molecular weight is 217 g/mol. The zero-order chi connectivity index (χ0) is 11.5. The molecule has 1 aromatic heterocycles. The van der Waals surface area contributed by atoms with Gasteiger partial charge in [0.1, 0.15) is 5.82 Å². The molecular formula is C13H19N3. The minimum absolute atomic E-state index is 0.507. The van der Waals surface area contributed by atoms with E-state index >= 15 is 0 Å². The van der Waals surface area contributed by atoms with Crippen LogP contribution in [0.2, 0.25) is 0 Å². The van der Waals surface area contributed by atoms with Gasteiger partial charge < -0.3 is 10.3 Å². The lowest BCUT2D eigenvalue weighted by molar-refractivity contribution is 0.512. The van der Waals surface area contributed by atoms with Crippen LogP contribution in [0.4, 0.5) is 0 Å². The molecule has 2 aromatic rings. The number of fused-ring (bicyclic) bond motifs is 1. The highest BCUT2D eigenvalue weighted by molar-refractivity contribution is 5.75. The van der Waals surface area contributed by atoms with Gasteiger partial charge in [0.2, 0.25) is 0 Å². The van der Waals surface area contributed by atoms with E-state index in [9.17, 15) is 0 Å². The van der Waals surface area contributed by atoms with Gasteiger partial charge in [0.25, 0.3) is 0 Å². The summed E-state index contributed by atoms with van der Waals surface area (Å²) >= 11 is 0. The van der Waals surface area contributed by atoms with Crippen LogP contribution in [0, 0.1) is 5.92 Å². The quantitative estimate of drug-likeness (QED) is 0.855. The molecule has 0 fully saturated rings. The maximum Gasteiger partial charge on any atom is 0.123 e. The molecule has 0 saturated heterocycles. The minimum atomic E-state index is 0.507. The number of nitrogens with zero attached hydrogens (tertiary/aromatic N) is 2. The van der Waals surface area contributed by atoms with Crippen LogP contribution in [0.25, 0.3) is 11.0 Å². The van der Waals surface area contributed by atoms with Crippen molar-refractivity contribution in [2.75, 3.05) is 0 Å². The van der Waals surface area contributed by atoms with E-state index in [0.29, 0.717) is 12.5 Å². The zero-order valence-electron chi connectivity index (χ0n) is 9.98. The molecule has 2 rings (SSSR count). The Hall–Kier alpha value is -1.35. The Labute approximate surface area is 96.3 Å². The smallest absolute Gasteiger partial charge is 0.123 e. The van der Waals surface area contributed by atoms with Crippen molar-refractivity contribution in [2.24, 2.45) is 11.7 Å². The van der Waals surface area contributed by atoms with Crippen LogP contribution in [0.5, 0.6) is 0 Å². The van der Waals surface area contributed by atoms with Crippen molar-refractivity contribution in [3.63, 3.8) is 0 Å². The van der Waals surface area contributed by atoms with E-state index in [4.69, 9.17) is 5.73 Å². The lowest BCUT2D eigenvalue weighted by Gasteiger charge is -2.09. The summed E-state index contributed by atoms with van der Waals surface area (Å²) in [7, 11) is 0. The first-order valence-corrected chi connectivity index (χ1v) is 5.86. The van der Waals surface area contributed by atoms with Gasteiger partial charge in [-0.1, -0.05) is 26.0 Å². The van der Waals surface area contributed by atoms with E-state index in [2.05, 4.69) is 35.5 Å². The van der Waals surface area contributed by atoms with Crippen molar-refractivity contribution in [3.05, 3.63) is 30.1 Å². The van der Waals surface area contributed by atoms with Crippen molar-refractivity contribution < 1.29 is 0 Å². The van der Waals surface area contributed by atoms with Gasteiger partial charge in [0.15, 0.2) is 0 Å². The van der Waals surface area contributed by atoms with E-state index in [0.717, 1.165) is 24.3 Å². The number of rotatable bonds is 4. The lowest BCUT2D eigenvalue weighted by Crippen LogP contribution is -2.09.